The van der Waals surface area contributed by atoms with Gasteiger partial charge in [0.25, 0.3) is 5.91 Å². The van der Waals surface area contributed by atoms with Crippen molar-refractivity contribution in [2.75, 3.05) is 25.9 Å². The molecule has 0 unspecified atom stereocenters. The molecule has 0 aromatic heterocycles. The number of nitrogens with zero attached hydrogens (tertiary/aromatic N) is 1. The summed E-state index contributed by atoms with van der Waals surface area (Å²) >= 11 is 1.46. The molecule has 2 aliphatic rings. The van der Waals surface area contributed by atoms with Crippen LogP contribution in [0.25, 0.3) is 0 Å². The number of hydrogen-bond acceptors (Lipinski definition) is 8. The van der Waals surface area contributed by atoms with Crippen LogP contribution in [0.5, 0.6) is 0 Å². The summed E-state index contributed by atoms with van der Waals surface area (Å²) in [5.74, 6) is -0.703. The van der Waals surface area contributed by atoms with Crippen molar-refractivity contribution < 1.29 is 33.7 Å². The molecule has 10 nitrogen and oxygen atoms in total. The average Bonchev–Trinajstić information content (AvgIpc) is 3.09. The maximum atomic E-state index is 13.8. The Morgan fingerprint density at radius 3 is 2.61 bits per heavy atom. The topological polar surface area (TPSA) is 126 Å². The van der Waals surface area contributed by atoms with Gasteiger partial charge in [0.1, 0.15) is 18.9 Å². The highest BCUT2D eigenvalue weighted by Crippen LogP contribution is 2.40. The molecular weight excluding hydrogens is 546 g/mol. The van der Waals surface area contributed by atoms with Gasteiger partial charge in [0.15, 0.2) is 6.10 Å². The highest BCUT2D eigenvalue weighted by Gasteiger charge is 2.49. The molecule has 4 rings (SSSR count). The van der Waals surface area contributed by atoms with E-state index in [4.69, 9.17) is 14.2 Å². The van der Waals surface area contributed by atoms with E-state index in [0.717, 1.165) is 16.7 Å². The minimum atomic E-state index is -1.61. The molecule has 11 heteroatoms. The highest BCUT2D eigenvalue weighted by atomic mass is 32.2. The van der Waals surface area contributed by atoms with Crippen molar-refractivity contribution in [1.29, 1.82) is 0 Å². The van der Waals surface area contributed by atoms with Crippen LogP contribution in [-0.2, 0) is 36.8 Å². The number of thioether (sulfide) groups is 1. The molecule has 3 amide bonds. The molecule has 222 valence electrons. The fourth-order valence-corrected chi connectivity index (χ4v) is 6.12. The van der Waals surface area contributed by atoms with Gasteiger partial charge in [0.2, 0.25) is 5.91 Å². The Kier molecular flexibility index (Phi) is 10.7. The molecule has 3 N–H and O–H groups in total. The molecule has 2 fully saturated rings. The third kappa shape index (κ3) is 8.22. The molecule has 0 spiro atoms. The lowest BCUT2D eigenvalue weighted by Crippen LogP contribution is -2.58. The van der Waals surface area contributed by atoms with Gasteiger partial charge in [0.05, 0.1) is 25.1 Å². The second-order valence-corrected chi connectivity index (χ2v) is 12.4. The smallest absolute Gasteiger partial charge is 0.407 e. The monoisotopic (exact) mass is 585 g/mol. The predicted octanol–water partition coefficient (Wildman–Crippen LogP) is 2.75. The van der Waals surface area contributed by atoms with Crippen LogP contribution in [0.2, 0.25) is 0 Å². The van der Waals surface area contributed by atoms with E-state index in [1.54, 1.807) is 0 Å². The standard InChI is InChI=1S/C30H39N3O7S/c1-20-9-7-8-12-22(20)16-31-27(35)26-30(2,3)41-18-33(26)28(36)25(34)24(15-21-10-5-4-6-11-21)32-29(37)40-23-13-14-38-19-39-17-23/h4-12,23-26,34H,13-19H2,1-3H3,(H,31,35)(H,32,37)/t23-,24+,25+,26-/m1/s1. The molecule has 0 radical (unpaired) electrons. The maximum absolute atomic E-state index is 13.8. The zero-order chi connectivity index (χ0) is 29.4. The van der Waals surface area contributed by atoms with Gasteiger partial charge >= 0.3 is 6.09 Å². The predicted molar refractivity (Wildman–Crippen MR) is 155 cm³/mol. The van der Waals surface area contributed by atoms with Gasteiger partial charge in [-0.05, 0) is 43.9 Å². The van der Waals surface area contributed by atoms with Crippen molar-refractivity contribution in [3.8, 4) is 0 Å². The van der Waals surface area contributed by atoms with Gasteiger partial charge in [-0.3, -0.25) is 9.59 Å². The second-order valence-electron chi connectivity index (χ2n) is 10.8. The zero-order valence-electron chi connectivity index (χ0n) is 23.7. The number of ether oxygens (including phenoxy) is 3. The Labute approximate surface area is 245 Å². The van der Waals surface area contributed by atoms with Gasteiger partial charge in [-0.2, -0.15) is 0 Å². The Morgan fingerprint density at radius 2 is 1.85 bits per heavy atom. The molecule has 2 aromatic rings. The Balaban J connectivity index is 1.48. The minimum absolute atomic E-state index is 0.134. The first kappa shape index (κ1) is 30.8. The van der Waals surface area contributed by atoms with Crippen LogP contribution in [0.3, 0.4) is 0 Å². The molecule has 0 saturated carbocycles. The van der Waals surface area contributed by atoms with Gasteiger partial charge in [-0.25, -0.2) is 4.79 Å². The third-order valence-electron chi connectivity index (χ3n) is 7.36. The Hall–Kier alpha value is -3.12. The van der Waals surface area contributed by atoms with Crippen LogP contribution >= 0.6 is 11.8 Å². The van der Waals surface area contributed by atoms with Crippen LogP contribution in [-0.4, -0.2) is 82.8 Å². The molecule has 41 heavy (non-hydrogen) atoms. The SMILES string of the molecule is Cc1ccccc1CNC(=O)[C@H]1N(C(=O)[C@@H](O)[C@H](Cc2ccccc2)NC(=O)O[C@@H]2CCOCOC2)CSC1(C)C. The molecule has 2 heterocycles. The molecule has 0 aliphatic carbocycles. The highest BCUT2D eigenvalue weighted by molar-refractivity contribution is 8.00. The molecule has 2 saturated heterocycles. The fourth-order valence-electron chi connectivity index (χ4n) is 4.98. The summed E-state index contributed by atoms with van der Waals surface area (Å²) in [6, 6.07) is 15.2. The number of benzene rings is 2. The molecule has 2 aliphatic heterocycles. The second kappa shape index (κ2) is 14.2. The third-order valence-corrected chi connectivity index (χ3v) is 8.73. The van der Waals surface area contributed by atoms with Gasteiger partial charge in [0, 0.05) is 17.7 Å². The number of alkyl carbamates (subject to hydrolysis) is 1. The average molecular weight is 586 g/mol. The van der Waals surface area contributed by atoms with Crippen molar-refractivity contribution in [2.24, 2.45) is 0 Å². The number of hydrogen-bond donors (Lipinski definition) is 3. The Morgan fingerprint density at radius 1 is 1.12 bits per heavy atom. The number of carbonyl (C=O) groups excluding carboxylic acids is 3. The molecular formula is C30H39N3O7S. The van der Waals surface area contributed by atoms with Crippen molar-refractivity contribution in [2.45, 2.75) is 69.2 Å². The lowest BCUT2D eigenvalue weighted by molar-refractivity contribution is -0.147. The summed E-state index contributed by atoms with van der Waals surface area (Å²) in [4.78, 5) is 41.5. The lowest BCUT2D eigenvalue weighted by Gasteiger charge is -2.33. The van der Waals surface area contributed by atoms with Crippen LogP contribution in [0.1, 0.15) is 37.0 Å². The van der Waals surface area contributed by atoms with E-state index in [0.29, 0.717) is 19.6 Å². The number of rotatable bonds is 9. The Bertz CT molecular complexity index is 1190. The first-order chi connectivity index (χ1) is 19.7. The normalized spacial score (nSPS) is 21.8. The zero-order valence-corrected chi connectivity index (χ0v) is 24.5. The summed E-state index contributed by atoms with van der Waals surface area (Å²) in [6.07, 6.45) is -2.24. The van der Waals surface area contributed by atoms with Crippen molar-refractivity contribution >= 4 is 29.7 Å². The van der Waals surface area contributed by atoms with Crippen LogP contribution < -0.4 is 10.6 Å². The number of aliphatic hydroxyl groups excluding tert-OH is 1. The molecule has 0 bridgehead atoms. The summed E-state index contributed by atoms with van der Waals surface area (Å²) in [5, 5.41) is 17.0. The lowest BCUT2D eigenvalue weighted by atomic mass is 9.97. The maximum Gasteiger partial charge on any atom is 0.407 e. The van der Waals surface area contributed by atoms with Crippen molar-refractivity contribution in [3.63, 3.8) is 0 Å². The van der Waals surface area contributed by atoms with Gasteiger partial charge < -0.3 is 34.9 Å². The van der Waals surface area contributed by atoms with Crippen molar-refractivity contribution in [3.05, 3.63) is 71.3 Å². The minimum Gasteiger partial charge on any atom is -0.444 e. The van der Waals surface area contributed by atoms with Crippen LogP contribution in [0.15, 0.2) is 54.6 Å². The van der Waals surface area contributed by atoms with E-state index in [2.05, 4.69) is 10.6 Å². The quantitative estimate of drug-likeness (QED) is 0.410. The van der Waals surface area contributed by atoms with Crippen LogP contribution in [0.4, 0.5) is 4.79 Å². The number of amides is 3. The first-order valence-electron chi connectivity index (χ1n) is 13.8. The molecule has 2 aromatic carbocycles. The fraction of sp³-hybridized carbons (Fsp3) is 0.500. The van der Waals surface area contributed by atoms with Gasteiger partial charge in [-0.1, -0.05) is 54.6 Å². The largest absolute Gasteiger partial charge is 0.444 e. The number of nitrogens with one attached hydrogen (secondary N) is 2. The van der Waals surface area contributed by atoms with E-state index >= 15 is 0 Å². The number of aryl methyl sites for hydroxylation is 1. The number of aliphatic hydroxyl groups is 1. The summed E-state index contributed by atoms with van der Waals surface area (Å²) in [5.41, 5.74) is 2.86. The van der Waals surface area contributed by atoms with E-state index in [-0.39, 0.29) is 31.6 Å². The van der Waals surface area contributed by atoms with E-state index in [1.165, 1.54) is 16.7 Å². The first-order valence-corrected chi connectivity index (χ1v) is 14.8. The summed E-state index contributed by atoms with van der Waals surface area (Å²) < 4.78 is 15.4. The van der Waals surface area contributed by atoms with E-state index in [9.17, 15) is 19.5 Å². The molecule has 4 atom stereocenters. The number of carbonyl (C=O) groups is 3. The van der Waals surface area contributed by atoms with Crippen LogP contribution in [0, 0.1) is 6.92 Å². The van der Waals surface area contributed by atoms with E-state index < -0.39 is 41.0 Å². The summed E-state index contributed by atoms with van der Waals surface area (Å²) in [7, 11) is 0. The van der Waals surface area contributed by atoms with Crippen molar-refractivity contribution in [1.82, 2.24) is 15.5 Å². The van der Waals surface area contributed by atoms with E-state index in [1.807, 2.05) is 75.4 Å². The summed E-state index contributed by atoms with van der Waals surface area (Å²) in [6.45, 7) is 6.84. The van der Waals surface area contributed by atoms with Gasteiger partial charge in [-0.15, -0.1) is 11.8 Å².